The van der Waals surface area contributed by atoms with E-state index in [0.717, 1.165) is 21.9 Å². The van der Waals surface area contributed by atoms with Crippen molar-refractivity contribution in [2.75, 3.05) is 4.90 Å². The van der Waals surface area contributed by atoms with Gasteiger partial charge in [0.25, 0.3) is 0 Å². The minimum atomic E-state index is -0.249. The van der Waals surface area contributed by atoms with Gasteiger partial charge in [-0.25, -0.2) is 0 Å². The summed E-state index contributed by atoms with van der Waals surface area (Å²) in [6, 6.07) is 60.2. The first-order chi connectivity index (χ1) is 32.2. The first-order valence-corrected chi connectivity index (χ1v) is 24.2. The maximum Gasteiger partial charge on any atom is 0.333 e. The maximum absolute atomic E-state index is 7.18. The minimum absolute atomic E-state index is 0.0449. The highest BCUT2D eigenvalue weighted by Crippen LogP contribution is 2.58. The number of anilines is 3. The second kappa shape index (κ2) is 12.7. The highest BCUT2D eigenvalue weighted by atomic mass is 16.3. The Morgan fingerprint density at radius 2 is 1.13 bits per heavy atom. The number of rotatable bonds is 2. The van der Waals surface area contributed by atoms with Gasteiger partial charge in [-0.2, -0.15) is 0 Å². The fourth-order valence-corrected chi connectivity index (χ4v) is 13.5. The van der Waals surface area contributed by atoms with Crippen LogP contribution < -0.4 is 15.8 Å². The van der Waals surface area contributed by atoms with Gasteiger partial charge in [0.05, 0.1) is 5.69 Å². The average Bonchev–Trinajstić information content (AvgIpc) is 3.96. The SMILES string of the molecule is CC(C)(C)c1ccc(N2c3cc4c(cc3B3c5c2cc2c(oc6ccccc62)c5-c2cccc5c6c(n3c25)-c2ccccc2C6(C)C)C(C)(C)c2ccccc2C4(C)C)c(-c2ccccc2)c1. The highest BCUT2D eigenvalue weighted by Gasteiger charge is 2.51. The highest BCUT2D eigenvalue weighted by molar-refractivity contribution is 6.90. The fourth-order valence-electron chi connectivity index (χ4n) is 13.5. The fraction of sp³-hybridized carbons (Fsp3) is 0.206. The van der Waals surface area contributed by atoms with Crippen molar-refractivity contribution in [1.82, 2.24) is 4.48 Å². The van der Waals surface area contributed by atoms with Crippen molar-refractivity contribution >= 4 is 67.7 Å². The van der Waals surface area contributed by atoms with Gasteiger partial charge in [-0.1, -0.05) is 190 Å². The minimum Gasteiger partial charge on any atom is -0.455 e. The molecule has 0 saturated heterocycles. The Morgan fingerprint density at radius 1 is 0.493 bits per heavy atom. The lowest BCUT2D eigenvalue weighted by molar-refractivity contribution is 0.521. The lowest BCUT2D eigenvalue weighted by atomic mass is 9.44. The van der Waals surface area contributed by atoms with Gasteiger partial charge in [-0.15, -0.1) is 0 Å². The third-order valence-electron chi connectivity index (χ3n) is 16.7. The van der Waals surface area contributed by atoms with Crippen LogP contribution in [0.15, 0.2) is 162 Å². The quantitative estimate of drug-likeness (QED) is 0.161. The topological polar surface area (TPSA) is 21.3 Å². The molecule has 10 aromatic rings. The normalized spacial score (nSPS) is 16.4. The molecule has 0 radical (unpaired) electrons. The zero-order chi connectivity index (χ0) is 45.7. The smallest absolute Gasteiger partial charge is 0.333 e. The summed E-state index contributed by atoms with van der Waals surface area (Å²) in [4.78, 5) is 2.66. The predicted octanol–water partition coefficient (Wildman–Crippen LogP) is 15.2. The van der Waals surface area contributed by atoms with Crippen molar-refractivity contribution < 1.29 is 4.42 Å². The maximum atomic E-state index is 7.18. The number of nitrogens with zero attached hydrogens (tertiary/aromatic N) is 2. The second-order valence-corrected chi connectivity index (χ2v) is 22.5. The van der Waals surface area contributed by atoms with Crippen LogP contribution in [0.1, 0.15) is 101 Å². The van der Waals surface area contributed by atoms with Crippen molar-refractivity contribution in [3.8, 4) is 33.5 Å². The Hall–Kier alpha value is -7.04. The molecule has 0 bridgehead atoms. The molecular weight excluding hydrogens is 812 g/mol. The van der Waals surface area contributed by atoms with E-state index in [-0.39, 0.29) is 28.5 Å². The summed E-state index contributed by atoms with van der Waals surface area (Å²) in [5.74, 6) is 0. The molecule has 14 rings (SSSR count). The number of fused-ring (bicyclic) bond motifs is 15. The van der Waals surface area contributed by atoms with Crippen molar-refractivity contribution in [3.05, 3.63) is 197 Å². The summed E-state index contributed by atoms with van der Waals surface area (Å²) >= 11 is 0. The summed E-state index contributed by atoms with van der Waals surface area (Å²) in [5, 5.41) is 3.61. The van der Waals surface area contributed by atoms with E-state index in [9.17, 15) is 0 Å². The molecule has 4 aliphatic rings. The van der Waals surface area contributed by atoms with Crippen LogP contribution in [-0.4, -0.2) is 11.3 Å². The molecule has 0 fully saturated rings. The Kier molecular flexibility index (Phi) is 7.42. The third-order valence-corrected chi connectivity index (χ3v) is 16.7. The molecule has 0 unspecified atom stereocenters. The molecule has 324 valence electrons. The molecule has 0 N–H and O–H groups in total. The van der Waals surface area contributed by atoms with Crippen LogP contribution >= 0.6 is 0 Å². The number of hydrogen-bond donors (Lipinski definition) is 0. The zero-order valence-electron chi connectivity index (χ0n) is 39.9. The summed E-state index contributed by atoms with van der Waals surface area (Å²) in [5.41, 5.74) is 25.9. The molecule has 2 aromatic heterocycles. The first kappa shape index (κ1) is 39.2. The Labute approximate surface area is 393 Å². The predicted molar refractivity (Wildman–Crippen MR) is 282 cm³/mol. The van der Waals surface area contributed by atoms with Gasteiger partial charge in [-0.05, 0) is 91.2 Å². The molecule has 4 heteroatoms. The van der Waals surface area contributed by atoms with Crippen LogP contribution in [0, 0.1) is 0 Å². The van der Waals surface area contributed by atoms with Gasteiger partial charge < -0.3 is 13.8 Å². The van der Waals surface area contributed by atoms with E-state index in [1.165, 1.54) is 111 Å². The van der Waals surface area contributed by atoms with Crippen LogP contribution in [0.5, 0.6) is 0 Å². The largest absolute Gasteiger partial charge is 0.455 e. The molecule has 67 heavy (non-hydrogen) atoms. The van der Waals surface area contributed by atoms with Gasteiger partial charge in [0.15, 0.2) is 0 Å². The van der Waals surface area contributed by atoms with Crippen LogP contribution in [0.4, 0.5) is 17.1 Å². The van der Waals surface area contributed by atoms with Gasteiger partial charge >= 0.3 is 6.85 Å². The Balaban J connectivity index is 1.21. The van der Waals surface area contributed by atoms with Crippen LogP contribution in [-0.2, 0) is 21.7 Å². The molecule has 0 atom stereocenters. The zero-order valence-corrected chi connectivity index (χ0v) is 39.9. The molecule has 0 spiro atoms. The van der Waals surface area contributed by atoms with E-state index in [0.29, 0.717) is 0 Å². The van der Waals surface area contributed by atoms with Gasteiger partial charge in [0.1, 0.15) is 11.2 Å². The van der Waals surface area contributed by atoms with E-state index in [1.807, 2.05) is 0 Å². The Bertz CT molecular complexity index is 3830. The van der Waals surface area contributed by atoms with Crippen LogP contribution in [0.3, 0.4) is 0 Å². The molecule has 3 nitrogen and oxygen atoms in total. The monoisotopic (exact) mass is 864 g/mol. The summed E-state index contributed by atoms with van der Waals surface area (Å²) in [6.45, 7) is 21.5. The van der Waals surface area contributed by atoms with E-state index in [2.05, 4.69) is 229 Å². The third kappa shape index (κ3) is 4.83. The number of hydrogen-bond acceptors (Lipinski definition) is 2. The average molecular weight is 865 g/mol. The molecular formula is C63H53BN2O. The van der Waals surface area contributed by atoms with Gasteiger partial charge in [0, 0.05) is 77.2 Å². The van der Waals surface area contributed by atoms with E-state index in [4.69, 9.17) is 4.42 Å². The van der Waals surface area contributed by atoms with Crippen molar-refractivity contribution in [2.45, 2.75) is 84.0 Å². The van der Waals surface area contributed by atoms with E-state index >= 15 is 0 Å². The molecule has 2 aliphatic carbocycles. The first-order valence-electron chi connectivity index (χ1n) is 24.2. The van der Waals surface area contributed by atoms with Gasteiger partial charge in [-0.3, -0.25) is 0 Å². The molecule has 0 saturated carbocycles. The van der Waals surface area contributed by atoms with Gasteiger partial charge in [0.2, 0.25) is 0 Å². The number of furan rings is 1. The number of aromatic nitrogens is 1. The molecule has 4 heterocycles. The molecule has 8 aromatic carbocycles. The number of para-hydroxylation sites is 2. The molecule has 2 aliphatic heterocycles. The summed E-state index contributed by atoms with van der Waals surface area (Å²) in [7, 11) is 0. The van der Waals surface area contributed by atoms with Crippen LogP contribution in [0.25, 0.3) is 66.4 Å². The standard InChI is InChI=1S/C63H53BN2O/c1-60(2,3)37-30-31-50(42(32-37)36-20-11-10-12-21-36)65-51-35-48-47(61(4,5)45-27-16-17-28-46(45)62(48,6)7)34-49(51)64-56-52(65)33-43-38-22-14-18-29-53(38)67-59(43)54(56)40-24-19-25-41-55-58(66(64)57(40)41)39-23-13-15-26-44(39)63(55,8)9/h10-35H,1-9H3. The van der Waals surface area contributed by atoms with Crippen molar-refractivity contribution in [2.24, 2.45) is 0 Å². The van der Waals surface area contributed by atoms with E-state index in [1.54, 1.807) is 0 Å². The second-order valence-electron chi connectivity index (χ2n) is 22.5. The molecule has 0 amide bonds. The number of benzene rings is 8. The lowest BCUT2D eigenvalue weighted by Crippen LogP contribution is -2.57. The summed E-state index contributed by atoms with van der Waals surface area (Å²) < 4.78 is 9.96. The Morgan fingerprint density at radius 3 is 1.88 bits per heavy atom. The van der Waals surface area contributed by atoms with E-state index < -0.39 is 0 Å². The van der Waals surface area contributed by atoms with Crippen LogP contribution in [0.2, 0.25) is 0 Å². The van der Waals surface area contributed by atoms with Crippen molar-refractivity contribution in [1.29, 1.82) is 0 Å². The summed E-state index contributed by atoms with van der Waals surface area (Å²) in [6.07, 6.45) is 0. The lowest BCUT2D eigenvalue weighted by Gasteiger charge is -2.47. The van der Waals surface area contributed by atoms with Crippen molar-refractivity contribution in [3.63, 3.8) is 0 Å².